The standard InChI is InChI=1S/C23H21N5O3/c1-14-9-11-16(12-10-14)24-17(15-7-5-4-6-8-15)13-18-21(29)26-20-19(25-18)22(30)28(3)23(31)27(20)2/h4-12H,13H2,1-3H3,(H,26,29). The summed E-state index contributed by atoms with van der Waals surface area (Å²) in [6, 6.07) is 17.2. The van der Waals surface area contributed by atoms with Crippen LogP contribution in [0.15, 0.2) is 74.0 Å². The Kier molecular flexibility index (Phi) is 5.21. The molecule has 0 aliphatic carbocycles. The van der Waals surface area contributed by atoms with Crippen LogP contribution in [0.25, 0.3) is 11.2 Å². The highest BCUT2D eigenvalue weighted by molar-refractivity contribution is 6.03. The molecule has 0 saturated carbocycles. The third-order valence-electron chi connectivity index (χ3n) is 5.12. The molecule has 31 heavy (non-hydrogen) atoms. The molecule has 0 saturated heterocycles. The summed E-state index contributed by atoms with van der Waals surface area (Å²) >= 11 is 0. The fourth-order valence-electron chi connectivity index (χ4n) is 3.33. The van der Waals surface area contributed by atoms with Gasteiger partial charge in [-0.25, -0.2) is 9.78 Å². The van der Waals surface area contributed by atoms with Crippen LogP contribution >= 0.6 is 0 Å². The van der Waals surface area contributed by atoms with Gasteiger partial charge in [0.1, 0.15) is 11.3 Å². The fourth-order valence-corrected chi connectivity index (χ4v) is 3.33. The van der Waals surface area contributed by atoms with Gasteiger partial charge in [0.25, 0.3) is 11.1 Å². The Labute approximate surface area is 177 Å². The number of aromatic amines is 1. The average molecular weight is 415 g/mol. The van der Waals surface area contributed by atoms with Gasteiger partial charge >= 0.3 is 5.69 Å². The van der Waals surface area contributed by atoms with Crippen molar-refractivity contribution in [3.8, 4) is 0 Å². The summed E-state index contributed by atoms with van der Waals surface area (Å²) in [5.41, 5.74) is 2.07. The first-order chi connectivity index (χ1) is 14.8. The highest BCUT2D eigenvalue weighted by Gasteiger charge is 2.16. The first-order valence-electron chi connectivity index (χ1n) is 9.73. The van der Waals surface area contributed by atoms with Crippen molar-refractivity contribution >= 4 is 22.6 Å². The van der Waals surface area contributed by atoms with Gasteiger partial charge in [-0.2, -0.15) is 0 Å². The monoisotopic (exact) mass is 415 g/mol. The molecule has 4 rings (SSSR count). The van der Waals surface area contributed by atoms with Crippen molar-refractivity contribution in [3.63, 3.8) is 0 Å². The third kappa shape index (κ3) is 3.87. The lowest BCUT2D eigenvalue weighted by atomic mass is 10.1. The van der Waals surface area contributed by atoms with Crippen molar-refractivity contribution in [1.82, 2.24) is 19.1 Å². The predicted molar refractivity (Wildman–Crippen MR) is 120 cm³/mol. The lowest BCUT2D eigenvalue weighted by Crippen LogP contribution is -2.39. The second-order valence-corrected chi connectivity index (χ2v) is 7.35. The summed E-state index contributed by atoms with van der Waals surface area (Å²) in [5, 5.41) is 0. The number of aromatic nitrogens is 4. The zero-order valence-corrected chi connectivity index (χ0v) is 17.4. The lowest BCUT2D eigenvalue weighted by molar-refractivity contribution is 0.702. The van der Waals surface area contributed by atoms with Gasteiger partial charge in [-0.3, -0.25) is 23.7 Å². The molecule has 0 aliphatic heterocycles. The SMILES string of the molecule is Cc1ccc(N=C(Cc2nc3c(=O)n(C)c(=O)n(C)c3[nH]c2=O)c2ccccc2)cc1. The molecule has 1 N–H and O–H groups in total. The van der Waals surface area contributed by atoms with Gasteiger partial charge in [0.2, 0.25) is 0 Å². The van der Waals surface area contributed by atoms with E-state index in [1.807, 2.05) is 61.5 Å². The Balaban J connectivity index is 1.88. The number of nitrogens with one attached hydrogen (secondary N) is 1. The zero-order chi connectivity index (χ0) is 22.1. The number of nitrogens with zero attached hydrogens (tertiary/aromatic N) is 4. The van der Waals surface area contributed by atoms with Crippen molar-refractivity contribution in [2.45, 2.75) is 13.3 Å². The van der Waals surface area contributed by atoms with E-state index >= 15 is 0 Å². The number of hydrogen-bond donors (Lipinski definition) is 1. The van der Waals surface area contributed by atoms with Gasteiger partial charge in [0.15, 0.2) is 5.52 Å². The predicted octanol–water partition coefficient (Wildman–Crippen LogP) is 1.99. The van der Waals surface area contributed by atoms with Crippen LogP contribution in [-0.4, -0.2) is 24.8 Å². The molecule has 156 valence electrons. The molecular formula is C23H21N5O3. The normalized spacial score (nSPS) is 11.8. The van der Waals surface area contributed by atoms with E-state index in [0.29, 0.717) is 5.71 Å². The molecule has 0 fully saturated rings. The highest BCUT2D eigenvalue weighted by Crippen LogP contribution is 2.16. The molecule has 0 spiro atoms. The number of aliphatic imine (C=N–C) groups is 1. The van der Waals surface area contributed by atoms with Crippen molar-refractivity contribution in [2.24, 2.45) is 19.1 Å². The van der Waals surface area contributed by atoms with Gasteiger partial charge in [0, 0.05) is 20.5 Å². The summed E-state index contributed by atoms with van der Waals surface area (Å²) in [4.78, 5) is 49.2. The summed E-state index contributed by atoms with van der Waals surface area (Å²) in [7, 11) is 2.86. The number of hydrogen-bond acceptors (Lipinski definition) is 5. The van der Waals surface area contributed by atoms with E-state index in [0.717, 1.165) is 21.4 Å². The molecule has 8 heteroatoms. The first-order valence-corrected chi connectivity index (χ1v) is 9.73. The highest BCUT2D eigenvalue weighted by atomic mass is 16.2. The number of fused-ring (bicyclic) bond motifs is 1. The summed E-state index contributed by atoms with van der Waals surface area (Å²) in [6.45, 7) is 2.00. The van der Waals surface area contributed by atoms with Crippen LogP contribution in [0.5, 0.6) is 0 Å². The minimum atomic E-state index is -0.563. The molecule has 2 aromatic carbocycles. The molecular weight excluding hydrogens is 394 g/mol. The smallest absolute Gasteiger partial charge is 0.305 e. The van der Waals surface area contributed by atoms with Crippen LogP contribution in [-0.2, 0) is 20.5 Å². The van der Waals surface area contributed by atoms with Gasteiger partial charge in [0.05, 0.1) is 11.4 Å². The van der Waals surface area contributed by atoms with E-state index in [1.165, 1.54) is 18.7 Å². The maximum absolute atomic E-state index is 12.8. The van der Waals surface area contributed by atoms with E-state index < -0.39 is 16.8 Å². The van der Waals surface area contributed by atoms with Crippen LogP contribution < -0.4 is 16.8 Å². The molecule has 4 aromatic rings. The third-order valence-corrected chi connectivity index (χ3v) is 5.12. The molecule has 2 heterocycles. The number of H-pyrrole nitrogens is 1. The van der Waals surface area contributed by atoms with E-state index in [2.05, 4.69) is 9.97 Å². The Morgan fingerprint density at radius 2 is 1.65 bits per heavy atom. The summed E-state index contributed by atoms with van der Waals surface area (Å²) < 4.78 is 2.17. The Bertz CT molecular complexity index is 1480. The molecule has 0 bridgehead atoms. The van der Waals surface area contributed by atoms with Crippen LogP contribution in [0, 0.1) is 6.92 Å². The maximum Gasteiger partial charge on any atom is 0.332 e. The van der Waals surface area contributed by atoms with Crippen molar-refractivity contribution in [2.75, 3.05) is 0 Å². The summed E-state index contributed by atoms with van der Waals surface area (Å²) in [5.74, 6) is 0. The Morgan fingerprint density at radius 1 is 0.968 bits per heavy atom. The van der Waals surface area contributed by atoms with Crippen LogP contribution in [0.2, 0.25) is 0 Å². The number of aryl methyl sites for hydroxylation is 2. The fraction of sp³-hybridized carbons (Fsp3) is 0.174. The van der Waals surface area contributed by atoms with Crippen LogP contribution in [0.3, 0.4) is 0 Å². The van der Waals surface area contributed by atoms with E-state index in [4.69, 9.17) is 4.99 Å². The van der Waals surface area contributed by atoms with Gasteiger partial charge < -0.3 is 4.98 Å². The zero-order valence-electron chi connectivity index (χ0n) is 17.4. The Hall–Kier alpha value is -4.07. The largest absolute Gasteiger partial charge is 0.332 e. The molecule has 0 aliphatic rings. The van der Waals surface area contributed by atoms with E-state index in [9.17, 15) is 14.4 Å². The molecule has 0 unspecified atom stereocenters. The van der Waals surface area contributed by atoms with E-state index in [-0.39, 0.29) is 23.3 Å². The van der Waals surface area contributed by atoms with Crippen LogP contribution in [0.4, 0.5) is 5.69 Å². The molecule has 0 atom stereocenters. The van der Waals surface area contributed by atoms with Gasteiger partial charge in [-0.05, 0) is 24.6 Å². The lowest BCUT2D eigenvalue weighted by Gasteiger charge is -2.10. The maximum atomic E-state index is 12.8. The molecule has 8 nitrogen and oxygen atoms in total. The van der Waals surface area contributed by atoms with Crippen LogP contribution in [0.1, 0.15) is 16.8 Å². The van der Waals surface area contributed by atoms with E-state index in [1.54, 1.807) is 0 Å². The molecule has 2 aromatic heterocycles. The first kappa shape index (κ1) is 20.2. The minimum absolute atomic E-state index is 0.0296. The second kappa shape index (κ2) is 7.98. The van der Waals surface area contributed by atoms with Crippen molar-refractivity contribution < 1.29 is 0 Å². The second-order valence-electron chi connectivity index (χ2n) is 7.35. The van der Waals surface area contributed by atoms with Crippen molar-refractivity contribution in [3.05, 3.63) is 103 Å². The average Bonchev–Trinajstić information content (AvgIpc) is 2.78. The summed E-state index contributed by atoms with van der Waals surface area (Å²) in [6.07, 6.45) is 0.120. The number of rotatable bonds is 4. The van der Waals surface area contributed by atoms with Gasteiger partial charge in [-0.15, -0.1) is 0 Å². The quantitative estimate of drug-likeness (QED) is 0.515. The Morgan fingerprint density at radius 3 is 2.32 bits per heavy atom. The van der Waals surface area contributed by atoms with Crippen molar-refractivity contribution in [1.29, 1.82) is 0 Å². The molecule has 0 amide bonds. The van der Waals surface area contributed by atoms with Gasteiger partial charge in [-0.1, -0.05) is 48.0 Å². The number of benzene rings is 2. The minimum Gasteiger partial charge on any atom is -0.305 e. The molecule has 0 radical (unpaired) electrons. The topological polar surface area (TPSA) is 102 Å².